The Balaban J connectivity index is 1.54. The van der Waals surface area contributed by atoms with Gasteiger partial charge in [0, 0.05) is 29.4 Å². The highest BCUT2D eigenvalue weighted by Crippen LogP contribution is 2.48. The van der Waals surface area contributed by atoms with Gasteiger partial charge in [0.15, 0.2) is 0 Å². The molecule has 0 spiro atoms. The third-order valence-electron chi connectivity index (χ3n) is 7.12. The number of fused-ring (bicyclic) bond motifs is 13. The summed E-state index contributed by atoms with van der Waals surface area (Å²) in [6.07, 6.45) is 7.84. The lowest BCUT2D eigenvalue weighted by Gasteiger charge is -2.13. The normalized spacial score (nSPS) is 13.5. The van der Waals surface area contributed by atoms with Gasteiger partial charge in [-0.05, 0) is 75.5 Å². The standard InChI is InChI=1S/C28H17N3/c1-2-5-20-16(4-1)12-18-14-19-13-17-7-8-21-26(25(17)23(19)15-22(18)20)27-24(6-3-9-29-27)31-11-10-30-28(21)31/h1-11,14-15H,12-13H2. The number of nitrogens with zero attached hydrogens (tertiary/aromatic N) is 3. The van der Waals surface area contributed by atoms with Crippen LogP contribution in [0.15, 0.2) is 79.3 Å². The molecule has 3 nitrogen and oxygen atoms in total. The molecule has 2 aliphatic rings. The van der Waals surface area contributed by atoms with E-state index in [1.807, 2.05) is 24.7 Å². The van der Waals surface area contributed by atoms with Crippen molar-refractivity contribution in [3.8, 4) is 22.3 Å². The van der Waals surface area contributed by atoms with Crippen molar-refractivity contribution in [1.29, 1.82) is 0 Å². The molecule has 8 rings (SSSR count). The Hall–Kier alpha value is -3.98. The fourth-order valence-corrected chi connectivity index (χ4v) is 5.83. The van der Waals surface area contributed by atoms with Crippen LogP contribution < -0.4 is 0 Å². The molecule has 3 aromatic heterocycles. The maximum atomic E-state index is 4.85. The molecule has 0 radical (unpaired) electrons. The van der Waals surface area contributed by atoms with E-state index in [-0.39, 0.29) is 0 Å². The minimum Gasteiger partial charge on any atom is -0.298 e. The molecule has 0 bridgehead atoms. The molecule has 2 aliphatic carbocycles. The second-order valence-electron chi connectivity index (χ2n) is 8.69. The van der Waals surface area contributed by atoms with Gasteiger partial charge in [-0.1, -0.05) is 42.5 Å². The summed E-state index contributed by atoms with van der Waals surface area (Å²) < 4.78 is 2.16. The second-order valence-corrected chi connectivity index (χ2v) is 8.69. The Labute approximate surface area is 178 Å². The number of imidazole rings is 1. The van der Waals surface area contributed by atoms with Crippen molar-refractivity contribution in [2.24, 2.45) is 0 Å². The van der Waals surface area contributed by atoms with Crippen molar-refractivity contribution < 1.29 is 0 Å². The smallest absolute Gasteiger partial charge is 0.145 e. The van der Waals surface area contributed by atoms with E-state index in [4.69, 9.17) is 9.97 Å². The average molecular weight is 395 g/mol. The molecule has 0 saturated heterocycles. The first-order valence-electron chi connectivity index (χ1n) is 10.8. The van der Waals surface area contributed by atoms with Crippen LogP contribution in [0.25, 0.3) is 49.7 Å². The maximum Gasteiger partial charge on any atom is 0.145 e. The van der Waals surface area contributed by atoms with E-state index >= 15 is 0 Å². The monoisotopic (exact) mass is 395 g/mol. The Morgan fingerprint density at radius 1 is 0.677 bits per heavy atom. The van der Waals surface area contributed by atoms with Crippen LogP contribution in [0.5, 0.6) is 0 Å². The summed E-state index contributed by atoms with van der Waals surface area (Å²) >= 11 is 0. The highest BCUT2D eigenvalue weighted by Gasteiger charge is 2.28. The predicted octanol–water partition coefficient (Wildman–Crippen LogP) is 6.18. The maximum absolute atomic E-state index is 4.85. The molecule has 3 heterocycles. The van der Waals surface area contributed by atoms with Gasteiger partial charge >= 0.3 is 0 Å². The number of hydrogen-bond acceptors (Lipinski definition) is 2. The van der Waals surface area contributed by atoms with Gasteiger partial charge in [0.2, 0.25) is 0 Å². The van der Waals surface area contributed by atoms with E-state index in [0.717, 1.165) is 29.5 Å². The van der Waals surface area contributed by atoms with Crippen LogP contribution in [-0.2, 0) is 12.8 Å². The Kier molecular flexibility index (Phi) is 2.74. The highest BCUT2D eigenvalue weighted by molar-refractivity contribution is 6.18. The van der Waals surface area contributed by atoms with Crippen molar-refractivity contribution in [3.63, 3.8) is 0 Å². The molecular formula is C28H17N3. The first-order valence-corrected chi connectivity index (χ1v) is 10.8. The molecule has 0 fully saturated rings. The molecule has 6 aromatic rings. The Morgan fingerprint density at radius 3 is 2.58 bits per heavy atom. The largest absolute Gasteiger partial charge is 0.298 e. The number of pyridine rings is 2. The van der Waals surface area contributed by atoms with Gasteiger partial charge in [-0.25, -0.2) is 4.98 Å². The van der Waals surface area contributed by atoms with Crippen LogP contribution in [0.2, 0.25) is 0 Å². The molecule has 0 amide bonds. The van der Waals surface area contributed by atoms with E-state index in [2.05, 4.69) is 59.0 Å². The fraction of sp³-hybridized carbons (Fsp3) is 0.0714. The van der Waals surface area contributed by atoms with Crippen molar-refractivity contribution in [2.75, 3.05) is 0 Å². The van der Waals surface area contributed by atoms with Gasteiger partial charge in [0.1, 0.15) is 5.65 Å². The third kappa shape index (κ3) is 1.89. The van der Waals surface area contributed by atoms with Gasteiger partial charge in [-0.15, -0.1) is 0 Å². The van der Waals surface area contributed by atoms with Crippen LogP contribution >= 0.6 is 0 Å². The second kappa shape index (κ2) is 5.38. The molecule has 0 N–H and O–H groups in total. The Morgan fingerprint density at radius 2 is 1.58 bits per heavy atom. The van der Waals surface area contributed by atoms with E-state index in [9.17, 15) is 0 Å². The zero-order valence-corrected chi connectivity index (χ0v) is 16.8. The molecule has 0 atom stereocenters. The first kappa shape index (κ1) is 15.8. The summed E-state index contributed by atoms with van der Waals surface area (Å²) in [7, 11) is 0. The molecular weight excluding hydrogens is 378 g/mol. The molecule has 0 saturated carbocycles. The van der Waals surface area contributed by atoms with Crippen LogP contribution in [0, 0.1) is 0 Å². The summed E-state index contributed by atoms with van der Waals surface area (Å²) in [5, 5.41) is 2.40. The molecule has 0 aliphatic heterocycles. The van der Waals surface area contributed by atoms with Gasteiger partial charge < -0.3 is 0 Å². The summed E-state index contributed by atoms with van der Waals surface area (Å²) in [5.74, 6) is 0. The van der Waals surface area contributed by atoms with E-state index in [0.29, 0.717) is 0 Å². The number of benzene rings is 3. The zero-order chi connectivity index (χ0) is 20.1. The lowest BCUT2D eigenvalue weighted by molar-refractivity contribution is 1.21. The number of rotatable bonds is 0. The molecule has 31 heavy (non-hydrogen) atoms. The van der Waals surface area contributed by atoms with Crippen LogP contribution in [0.3, 0.4) is 0 Å². The fourth-order valence-electron chi connectivity index (χ4n) is 5.83. The predicted molar refractivity (Wildman–Crippen MR) is 124 cm³/mol. The number of hydrogen-bond donors (Lipinski definition) is 0. The topological polar surface area (TPSA) is 30.2 Å². The third-order valence-corrected chi connectivity index (χ3v) is 7.12. The van der Waals surface area contributed by atoms with E-state index in [1.54, 1.807) is 0 Å². The van der Waals surface area contributed by atoms with Gasteiger partial charge in [-0.2, -0.15) is 0 Å². The highest BCUT2D eigenvalue weighted by atomic mass is 15.0. The molecule has 3 aromatic carbocycles. The van der Waals surface area contributed by atoms with Crippen LogP contribution in [0.4, 0.5) is 0 Å². The van der Waals surface area contributed by atoms with Crippen molar-refractivity contribution in [2.45, 2.75) is 12.8 Å². The quantitative estimate of drug-likeness (QED) is 0.287. The molecule has 0 unspecified atom stereocenters. The van der Waals surface area contributed by atoms with Gasteiger partial charge in [0.25, 0.3) is 0 Å². The summed E-state index contributed by atoms with van der Waals surface area (Å²) in [6.45, 7) is 0. The molecule has 3 heteroatoms. The lowest BCUT2D eigenvalue weighted by Crippen LogP contribution is -1.94. The van der Waals surface area contributed by atoms with Crippen LogP contribution in [0.1, 0.15) is 22.3 Å². The summed E-state index contributed by atoms with van der Waals surface area (Å²) in [4.78, 5) is 9.55. The van der Waals surface area contributed by atoms with Crippen molar-refractivity contribution in [1.82, 2.24) is 14.4 Å². The van der Waals surface area contributed by atoms with Gasteiger partial charge in [-0.3, -0.25) is 9.38 Å². The minimum atomic E-state index is 0.984. The minimum absolute atomic E-state index is 0.984. The summed E-state index contributed by atoms with van der Waals surface area (Å²) in [6, 6.07) is 22.4. The van der Waals surface area contributed by atoms with Crippen molar-refractivity contribution in [3.05, 3.63) is 102 Å². The average Bonchev–Trinajstić information content (AvgIpc) is 3.52. The zero-order valence-electron chi connectivity index (χ0n) is 16.8. The Bertz CT molecular complexity index is 1740. The van der Waals surface area contributed by atoms with Gasteiger partial charge in [0.05, 0.1) is 11.0 Å². The molecule has 144 valence electrons. The van der Waals surface area contributed by atoms with E-state index < -0.39 is 0 Å². The lowest BCUT2D eigenvalue weighted by atomic mass is 9.94. The number of aromatic nitrogens is 3. The first-order chi connectivity index (χ1) is 15.4. The SMILES string of the molecule is c1ccc2c(c1)Cc1cc3c(cc1-2)-c1c(ccc2c1c1ncccc1n1ccnc21)C3. The van der Waals surface area contributed by atoms with Crippen molar-refractivity contribution >= 4 is 27.5 Å². The summed E-state index contributed by atoms with van der Waals surface area (Å²) in [5.41, 5.74) is 14.3. The van der Waals surface area contributed by atoms with Crippen LogP contribution in [-0.4, -0.2) is 14.4 Å². The van der Waals surface area contributed by atoms with E-state index in [1.165, 1.54) is 55.3 Å².